The van der Waals surface area contributed by atoms with Crippen molar-refractivity contribution in [3.63, 3.8) is 0 Å². The molecule has 0 radical (unpaired) electrons. The van der Waals surface area contributed by atoms with E-state index in [4.69, 9.17) is 11.6 Å². The smallest absolute Gasteiger partial charge is 0.242 e. The number of para-hydroxylation sites is 1. The van der Waals surface area contributed by atoms with Crippen LogP contribution in [0.2, 0.25) is 0 Å². The predicted octanol–water partition coefficient (Wildman–Crippen LogP) is 2.85. The Hall–Kier alpha value is -1.35. The van der Waals surface area contributed by atoms with Crippen LogP contribution in [0.1, 0.15) is 25.0 Å². The minimum Gasteiger partial charge on any atom is -0.301 e. The summed E-state index contributed by atoms with van der Waals surface area (Å²) in [7, 11) is 0. The first-order valence-electron chi connectivity index (χ1n) is 5.84. The lowest BCUT2D eigenvalue weighted by molar-refractivity contribution is -0.122. The zero-order valence-electron chi connectivity index (χ0n) is 11.2. The summed E-state index contributed by atoms with van der Waals surface area (Å²) in [6.45, 7) is 7.04. The Labute approximate surface area is 113 Å². The molecule has 1 atom stereocenters. The lowest BCUT2D eigenvalue weighted by Gasteiger charge is -2.30. The summed E-state index contributed by atoms with van der Waals surface area (Å²) in [6.07, 6.45) is 0. The van der Waals surface area contributed by atoms with Gasteiger partial charge in [0.2, 0.25) is 5.91 Å². The first kappa shape index (κ1) is 14.7. The molecule has 0 fully saturated rings. The molecule has 0 saturated heterocycles. The van der Waals surface area contributed by atoms with E-state index in [1.807, 2.05) is 32.0 Å². The zero-order valence-corrected chi connectivity index (χ0v) is 11.9. The normalized spacial score (nSPS) is 12.1. The third-order valence-electron chi connectivity index (χ3n) is 3.04. The van der Waals surface area contributed by atoms with Gasteiger partial charge < -0.3 is 4.90 Å². The van der Waals surface area contributed by atoms with Crippen molar-refractivity contribution in [2.45, 2.75) is 33.7 Å². The standard InChI is InChI=1S/C14H18ClNO2/c1-9-6-5-7-10(2)14(9)16(13(18)8-15)11(3)12(4)17/h5-7,11H,8H2,1-4H3. The van der Waals surface area contributed by atoms with E-state index in [1.165, 1.54) is 11.8 Å². The van der Waals surface area contributed by atoms with E-state index < -0.39 is 6.04 Å². The van der Waals surface area contributed by atoms with Gasteiger partial charge in [0, 0.05) is 0 Å². The first-order valence-corrected chi connectivity index (χ1v) is 6.38. The van der Waals surface area contributed by atoms with E-state index in [2.05, 4.69) is 0 Å². The molecule has 0 aromatic heterocycles. The second kappa shape index (κ2) is 6.01. The maximum Gasteiger partial charge on any atom is 0.242 e. The number of benzene rings is 1. The fraction of sp³-hybridized carbons (Fsp3) is 0.429. The predicted molar refractivity (Wildman–Crippen MR) is 74.3 cm³/mol. The van der Waals surface area contributed by atoms with Crippen LogP contribution in [0.15, 0.2) is 18.2 Å². The van der Waals surface area contributed by atoms with Gasteiger partial charge in [-0.2, -0.15) is 0 Å². The molecule has 1 aromatic carbocycles. The van der Waals surface area contributed by atoms with Crippen molar-refractivity contribution in [2.24, 2.45) is 0 Å². The molecule has 4 heteroatoms. The Morgan fingerprint density at radius 1 is 1.28 bits per heavy atom. The van der Waals surface area contributed by atoms with Gasteiger partial charge in [-0.15, -0.1) is 11.6 Å². The van der Waals surface area contributed by atoms with E-state index in [0.717, 1.165) is 16.8 Å². The molecule has 0 N–H and O–H groups in total. The first-order chi connectivity index (χ1) is 8.40. The largest absolute Gasteiger partial charge is 0.301 e. The molecule has 0 bridgehead atoms. The summed E-state index contributed by atoms with van der Waals surface area (Å²) < 4.78 is 0. The molecule has 0 aliphatic rings. The fourth-order valence-corrected chi connectivity index (χ4v) is 2.09. The molecule has 0 heterocycles. The van der Waals surface area contributed by atoms with Gasteiger partial charge in [0.15, 0.2) is 5.78 Å². The van der Waals surface area contributed by atoms with Crippen molar-refractivity contribution in [1.29, 1.82) is 0 Å². The molecule has 18 heavy (non-hydrogen) atoms. The maximum absolute atomic E-state index is 12.0. The summed E-state index contributed by atoms with van der Waals surface area (Å²) in [6, 6.07) is 5.26. The molecule has 3 nitrogen and oxygen atoms in total. The number of rotatable bonds is 4. The average molecular weight is 268 g/mol. The van der Waals surface area contributed by atoms with E-state index in [9.17, 15) is 9.59 Å². The molecule has 98 valence electrons. The van der Waals surface area contributed by atoms with Crippen LogP contribution in [0.25, 0.3) is 0 Å². The van der Waals surface area contributed by atoms with E-state index >= 15 is 0 Å². The second-order valence-corrected chi connectivity index (χ2v) is 4.69. The minimum atomic E-state index is -0.504. The Kier molecular flexibility index (Phi) is 4.91. The number of halogens is 1. The van der Waals surface area contributed by atoms with Crippen molar-refractivity contribution >= 4 is 29.0 Å². The van der Waals surface area contributed by atoms with Gasteiger partial charge in [-0.3, -0.25) is 9.59 Å². The highest BCUT2D eigenvalue weighted by Gasteiger charge is 2.26. The van der Waals surface area contributed by atoms with E-state index in [-0.39, 0.29) is 17.6 Å². The highest BCUT2D eigenvalue weighted by atomic mass is 35.5. The lowest BCUT2D eigenvalue weighted by Crippen LogP contribution is -2.44. The van der Waals surface area contributed by atoms with Gasteiger partial charge in [-0.05, 0) is 38.8 Å². The van der Waals surface area contributed by atoms with Gasteiger partial charge in [-0.25, -0.2) is 0 Å². The highest BCUT2D eigenvalue weighted by Crippen LogP contribution is 2.27. The number of Topliss-reactive ketones (excluding diaryl/α,β-unsaturated/α-hetero) is 1. The Bertz CT molecular complexity index is 451. The molecule has 1 rings (SSSR count). The molecule has 0 spiro atoms. The molecule has 0 saturated carbocycles. The number of aryl methyl sites for hydroxylation is 2. The number of alkyl halides is 1. The third-order valence-corrected chi connectivity index (χ3v) is 3.27. The number of hydrogen-bond donors (Lipinski definition) is 0. The van der Waals surface area contributed by atoms with Gasteiger partial charge in [0.1, 0.15) is 5.88 Å². The van der Waals surface area contributed by atoms with Crippen LogP contribution in [0, 0.1) is 13.8 Å². The highest BCUT2D eigenvalue weighted by molar-refractivity contribution is 6.30. The van der Waals surface area contributed by atoms with E-state index in [0.29, 0.717) is 0 Å². The molecular weight excluding hydrogens is 250 g/mol. The van der Waals surface area contributed by atoms with Crippen molar-refractivity contribution in [1.82, 2.24) is 0 Å². The second-order valence-electron chi connectivity index (χ2n) is 4.42. The molecule has 1 unspecified atom stereocenters. The molecule has 1 amide bonds. The minimum absolute atomic E-state index is 0.0591. The topological polar surface area (TPSA) is 37.4 Å². The quantitative estimate of drug-likeness (QED) is 0.787. The number of ketones is 1. The molecular formula is C14H18ClNO2. The van der Waals surface area contributed by atoms with Gasteiger partial charge in [0.25, 0.3) is 0 Å². The van der Waals surface area contributed by atoms with Crippen molar-refractivity contribution in [3.05, 3.63) is 29.3 Å². The van der Waals surface area contributed by atoms with Crippen molar-refractivity contribution in [2.75, 3.05) is 10.8 Å². The van der Waals surface area contributed by atoms with Crippen LogP contribution in [-0.2, 0) is 9.59 Å². The van der Waals surface area contributed by atoms with Crippen LogP contribution in [0.4, 0.5) is 5.69 Å². The summed E-state index contributed by atoms with van der Waals surface area (Å²) in [4.78, 5) is 25.1. The van der Waals surface area contributed by atoms with Crippen LogP contribution in [0.5, 0.6) is 0 Å². The van der Waals surface area contributed by atoms with Crippen LogP contribution in [0.3, 0.4) is 0 Å². The monoisotopic (exact) mass is 267 g/mol. The Morgan fingerprint density at radius 2 is 1.78 bits per heavy atom. The lowest BCUT2D eigenvalue weighted by atomic mass is 10.0. The number of carbonyl (C=O) groups is 2. The van der Waals surface area contributed by atoms with Gasteiger partial charge in [-0.1, -0.05) is 18.2 Å². The third kappa shape index (κ3) is 2.91. The van der Waals surface area contributed by atoms with Crippen molar-refractivity contribution < 1.29 is 9.59 Å². The zero-order chi connectivity index (χ0) is 13.9. The maximum atomic E-state index is 12.0. The Balaban J connectivity index is 3.35. The van der Waals surface area contributed by atoms with Crippen LogP contribution in [-0.4, -0.2) is 23.6 Å². The SMILES string of the molecule is CC(=O)C(C)N(C(=O)CCl)c1c(C)cccc1C. The summed E-state index contributed by atoms with van der Waals surface area (Å²) in [5, 5.41) is 0. The summed E-state index contributed by atoms with van der Waals surface area (Å²) in [5.74, 6) is -0.446. The number of carbonyl (C=O) groups excluding carboxylic acids is 2. The number of amides is 1. The van der Waals surface area contributed by atoms with Gasteiger partial charge >= 0.3 is 0 Å². The number of nitrogens with zero attached hydrogens (tertiary/aromatic N) is 1. The molecule has 0 aliphatic heterocycles. The molecule has 1 aromatic rings. The summed E-state index contributed by atoms with van der Waals surface area (Å²) >= 11 is 5.65. The summed E-state index contributed by atoms with van der Waals surface area (Å²) in [5.41, 5.74) is 2.70. The average Bonchev–Trinajstić information content (AvgIpc) is 2.32. The molecule has 0 aliphatic carbocycles. The Morgan fingerprint density at radius 3 is 2.17 bits per heavy atom. The number of hydrogen-bond acceptors (Lipinski definition) is 2. The van der Waals surface area contributed by atoms with Crippen LogP contribution < -0.4 is 4.90 Å². The van der Waals surface area contributed by atoms with Crippen molar-refractivity contribution in [3.8, 4) is 0 Å². The number of anilines is 1. The van der Waals surface area contributed by atoms with E-state index in [1.54, 1.807) is 6.92 Å². The van der Waals surface area contributed by atoms with Crippen LogP contribution >= 0.6 is 11.6 Å². The fourth-order valence-electron chi connectivity index (χ4n) is 1.97. The van der Waals surface area contributed by atoms with Gasteiger partial charge in [0.05, 0.1) is 11.7 Å².